The predicted octanol–water partition coefficient (Wildman–Crippen LogP) is 2.29. The number of aromatic nitrogens is 2. The molecule has 1 amide bonds. The van der Waals surface area contributed by atoms with Crippen LogP contribution in [0.5, 0.6) is 0 Å². The molecule has 0 atom stereocenters. The van der Waals surface area contributed by atoms with Gasteiger partial charge >= 0.3 is 0 Å². The molecule has 0 aliphatic carbocycles. The molecular formula is C12H14BrN3O2. The van der Waals surface area contributed by atoms with Crippen LogP contribution < -0.4 is 0 Å². The number of fused-ring (bicyclic) bond motifs is 1. The number of pyridine rings is 1. The van der Waals surface area contributed by atoms with E-state index in [2.05, 4.69) is 20.9 Å². The summed E-state index contributed by atoms with van der Waals surface area (Å²) < 4.78 is 2.67. The van der Waals surface area contributed by atoms with Crippen molar-refractivity contribution in [2.24, 2.45) is 0 Å². The Morgan fingerprint density at radius 2 is 2.28 bits per heavy atom. The normalized spacial score (nSPS) is 10.9. The fourth-order valence-electron chi connectivity index (χ4n) is 1.77. The molecule has 0 bridgehead atoms. The zero-order valence-electron chi connectivity index (χ0n) is 10.5. The minimum Gasteiger partial charge on any atom is -0.294 e. The third-order valence-electron chi connectivity index (χ3n) is 2.75. The molecule has 2 rings (SSSR count). The van der Waals surface area contributed by atoms with Gasteiger partial charge in [-0.15, -0.1) is 0 Å². The molecule has 0 radical (unpaired) electrons. The first kappa shape index (κ1) is 13.0. The fourth-order valence-corrected chi connectivity index (χ4v) is 2.11. The van der Waals surface area contributed by atoms with Crippen molar-refractivity contribution < 1.29 is 9.63 Å². The van der Waals surface area contributed by atoms with Crippen molar-refractivity contribution in [2.45, 2.75) is 13.3 Å². The van der Waals surface area contributed by atoms with Gasteiger partial charge in [-0.3, -0.25) is 14.0 Å². The van der Waals surface area contributed by atoms with E-state index >= 15 is 0 Å². The second-order valence-corrected chi connectivity index (χ2v) is 4.74. The summed E-state index contributed by atoms with van der Waals surface area (Å²) in [5, 5.41) is 1.20. The van der Waals surface area contributed by atoms with Crippen molar-refractivity contribution in [1.29, 1.82) is 0 Å². The van der Waals surface area contributed by atoms with E-state index in [9.17, 15) is 4.79 Å². The molecular weight excluding hydrogens is 298 g/mol. The minimum absolute atomic E-state index is 0.208. The highest BCUT2D eigenvalue weighted by molar-refractivity contribution is 9.10. The summed E-state index contributed by atoms with van der Waals surface area (Å²) in [6.07, 6.45) is 2.52. The summed E-state index contributed by atoms with van der Waals surface area (Å²) >= 11 is 3.40. The molecule has 0 aromatic carbocycles. The number of halogens is 1. The molecule has 0 aliphatic rings. The van der Waals surface area contributed by atoms with Crippen LogP contribution in [0.4, 0.5) is 0 Å². The van der Waals surface area contributed by atoms with Crippen LogP contribution in [-0.4, -0.2) is 34.5 Å². The fraction of sp³-hybridized carbons (Fsp3) is 0.333. The third-order valence-corrected chi connectivity index (χ3v) is 3.22. The average molecular weight is 312 g/mol. The molecule has 0 N–H and O–H groups in total. The van der Waals surface area contributed by atoms with Crippen LogP contribution in [0.15, 0.2) is 22.8 Å². The first-order chi connectivity index (χ1) is 8.58. The van der Waals surface area contributed by atoms with E-state index in [4.69, 9.17) is 4.84 Å². The summed E-state index contributed by atoms with van der Waals surface area (Å²) in [7, 11) is 3.04. The van der Waals surface area contributed by atoms with Crippen LogP contribution in [0, 0.1) is 0 Å². The minimum atomic E-state index is -0.208. The standard InChI is InChI=1S/C12H14BrN3O2/c1-4-9-11(12(17)15(2)18-3)16-7-8(13)5-6-10(16)14-9/h5-7H,4H2,1-3H3. The first-order valence-electron chi connectivity index (χ1n) is 5.57. The number of rotatable bonds is 3. The monoisotopic (exact) mass is 311 g/mol. The van der Waals surface area contributed by atoms with E-state index in [1.165, 1.54) is 12.2 Å². The largest absolute Gasteiger partial charge is 0.296 e. The summed E-state index contributed by atoms with van der Waals surface area (Å²) in [5.41, 5.74) is 2.06. The Kier molecular flexibility index (Phi) is 3.68. The average Bonchev–Trinajstić information content (AvgIpc) is 2.74. The number of hydrogen-bond acceptors (Lipinski definition) is 3. The number of aryl methyl sites for hydroxylation is 1. The Hall–Kier alpha value is -1.40. The molecule has 0 saturated carbocycles. The number of carbonyl (C=O) groups is 1. The van der Waals surface area contributed by atoms with Crippen molar-refractivity contribution in [2.75, 3.05) is 14.2 Å². The molecule has 5 nitrogen and oxygen atoms in total. The summed E-state index contributed by atoms with van der Waals surface area (Å²) in [4.78, 5) is 21.7. The van der Waals surface area contributed by atoms with Crippen molar-refractivity contribution in [3.63, 3.8) is 0 Å². The van der Waals surface area contributed by atoms with Crippen molar-refractivity contribution in [3.05, 3.63) is 34.2 Å². The molecule has 0 saturated heterocycles. The lowest BCUT2D eigenvalue weighted by Crippen LogP contribution is -2.27. The molecule has 18 heavy (non-hydrogen) atoms. The lowest BCUT2D eigenvalue weighted by Gasteiger charge is -2.14. The third kappa shape index (κ3) is 2.13. The first-order valence-corrected chi connectivity index (χ1v) is 6.36. The predicted molar refractivity (Wildman–Crippen MR) is 71.4 cm³/mol. The zero-order chi connectivity index (χ0) is 13.3. The van der Waals surface area contributed by atoms with E-state index in [0.717, 1.165) is 15.8 Å². The Morgan fingerprint density at radius 1 is 1.56 bits per heavy atom. The molecule has 2 aromatic heterocycles. The molecule has 96 valence electrons. The highest BCUT2D eigenvalue weighted by atomic mass is 79.9. The number of nitrogens with zero attached hydrogens (tertiary/aromatic N) is 3. The zero-order valence-corrected chi connectivity index (χ0v) is 12.1. The molecule has 0 aliphatic heterocycles. The van der Waals surface area contributed by atoms with Gasteiger partial charge in [-0.1, -0.05) is 6.92 Å². The Morgan fingerprint density at radius 3 is 2.89 bits per heavy atom. The van der Waals surface area contributed by atoms with E-state index in [1.54, 1.807) is 11.4 Å². The molecule has 6 heteroatoms. The highest BCUT2D eigenvalue weighted by Crippen LogP contribution is 2.18. The topological polar surface area (TPSA) is 46.8 Å². The second kappa shape index (κ2) is 5.07. The Balaban J connectivity index is 2.66. The van der Waals surface area contributed by atoms with Crippen LogP contribution >= 0.6 is 15.9 Å². The van der Waals surface area contributed by atoms with Gasteiger partial charge in [-0.2, -0.15) is 0 Å². The van der Waals surface area contributed by atoms with Gasteiger partial charge in [-0.05, 0) is 34.5 Å². The van der Waals surface area contributed by atoms with Crippen LogP contribution in [0.25, 0.3) is 5.65 Å². The van der Waals surface area contributed by atoms with Crippen molar-refractivity contribution >= 4 is 27.5 Å². The number of carbonyl (C=O) groups excluding carboxylic acids is 1. The van der Waals surface area contributed by atoms with Crippen LogP contribution in [0.3, 0.4) is 0 Å². The van der Waals surface area contributed by atoms with Gasteiger partial charge in [-0.25, -0.2) is 10.0 Å². The van der Waals surface area contributed by atoms with Crippen LogP contribution in [0.1, 0.15) is 23.1 Å². The number of amides is 1. The van der Waals surface area contributed by atoms with Gasteiger partial charge in [0.25, 0.3) is 5.91 Å². The lowest BCUT2D eigenvalue weighted by atomic mass is 10.2. The van der Waals surface area contributed by atoms with Crippen molar-refractivity contribution in [3.8, 4) is 0 Å². The Labute approximate surface area is 113 Å². The number of hydrogen-bond donors (Lipinski definition) is 0. The summed E-state index contributed by atoms with van der Waals surface area (Å²) in [6.45, 7) is 1.97. The summed E-state index contributed by atoms with van der Waals surface area (Å²) in [6, 6.07) is 3.77. The summed E-state index contributed by atoms with van der Waals surface area (Å²) in [5.74, 6) is -0.208. The van der Waals surface area contributed by atoms with E-state index in [1.807, 2.05) is 25.3 Å². The maximum atomic E-state index is 12.3. The number of hydroxylamine groups is 2. The molecule has 0 unspecified atom stereocenters. The molecule has 2 heterocycles. The lowest BCUT2D eigenvalue weighted by molar-refractivity contribution is -0.0761. The number of imidazole rings is 1. The molecule has 0 fully saturated rings. The van der Waals surface area contributed by atoms with Gasteiger partial charge in [0.05, 0.1) is 12.8 Å². The van der Waals surface area contributed by atoms with E-state index < -0.39 is 0 Å². The van der Waals surface area contributed by atoms with Crippen molar-refractivity contribution in [1.82, 2.24) is 14.4 Å². The Bertz CT molecular complexity index is 594. The molecule has 0 spiro atoms. The maximum Gasteiger partial charge on any atom is 0.296 e. The second-order valence-electron chi connectivity index (χ2n) is 3.82. The van der Waals surface area contributed by atoms with Gasteiger partial charge in [0.1, 0.15) is 11.3 Å². The van der Waals surface area contributed by atoms with E-state index in [0.29, 0.717) is 12.1 Å². The van der Waals surface area contributed by atoms with Gasteiger partial charge in [0.2, 0.25) is 0 Å². The maximum absolute atomic E-state index is 12.3. The highest BCUT2D eigenvalue weighted by Gasteiger charge is 2.21. The van der Waals surface area contributed by atoms with E-state index in [-0.39, 0.29) is 5.91 Å². The van der Waals surface area contributed by atoms with Gasteiger partial charge < -0.3 is 0 Å². The quantitative estimate of drug-likeness (QED) is 0.817. The SMILES string of the molecule is CCc1nc2ccc(Br)cn2c1C(=O)N(C)OC. The van der Waals surface area contributed by atoms with Crippen LogP contribution in [-0.2, 0) is 11.3 Å². The van der Waals surface area contributed by atoms with Gasteiger partial charge in [0, 0.05) is 17.7 Å². The smallest absolute Gasteiger partial charge is 0.294 e. The molecule has 2 aromatic rings. The van der Waals surface area contributed by atoms with Crippen LogP contribution in [0.2, 0.25) is 0 Å². The van der Waals surface area contributed by atoms with Gasteiger partial charge in [0.15, 0.2) is 0 Å².